The van der Waals surface area contributed by atoms with E-state index in [1.54, 1.807) is 6.92 Å². The van der Waals surface area contributed by atoms with Crippen molar-refractivity contribution >= 4 is 24.4 Å². The van der Waals surface area contributed by atoms with Crippen LogP contribution < -0.4 is 0 Å². The first-order valence-electron chi connectivity index (χ1n) is 3.34. The van der Waals surface area contributed by atoms with Crippen molar-refractivity contribution in [2.75, 3.05) is 0 Å². The molecule has 0 amide bonds. The maximum Gasteiger partial charge on any atom is 0.319 e. The van der Waals surface area contributed by atoms with Gasteiger partial charge in [0.1, 0.15) is 0 Å². The van der Waals surface area contributed by atoms with Gasteiger partial charge in [0.15, 0.2) is 11.9 Å². The number of thiol groups is 1. The third-order valence-corrected chi connectivity index (χ3v) is 1.42. The third-order valence-electron chi connectivity index (χ3n) is 1.21. The summed E-state index contributed by atoms with van der Waals surface area (Å²) in [4.78, 5) is 21.4. The topological polar surface area (TPSA) is 43.4 Å². The average Bonchev–Trinajstić information content (AvgIpc) is 1.87. The molecule has 0 aliphatic carbocycles. The number of Topliss-reactive ketones (excluding diaryl/α,β-unsaturated/α-hetero) is 1. The van der Waals surface area contributed by atoms with Gasteiger partial charge < -0.3 is 4.74 Å². The van der Waals surface area contributed by atoms with Gasteiger partial charge in [0.25, 0.3) is 0 Å². The Balaban J connectivity index is 3.85. The zero-order valence-corrected chi connectivity index (χ0v) is 7.72. The van der Waals surface area contributed by atoms with Crippen molar-refractivity contribution < 1.29 is 14.3 Å². The molecule has 11 heavy (non-hydrogen) atoms. The number of carbonyl (C=O) groups excluding carboxylic acids is 2. The molecule has 0 aromatic rings. The highest BCUT2D eigenvalue weighted by Crippen LogP contribution is 2.00. The Kier molecular flexibility index (Phi) is 4.18. The van der Waals surface area contributed by atoms with Crippen molar-refractivity contribution in [1.29, 1.82) is 0 Å². The SMILES string of the molecule is CC(=O)C(C)OC(=O)C(C)S. The summed E-state index contributed by atoms with van der Waals surface area (Å²) in [6.45, 7) is 4.51. The Morgan fingerprint density at radius 2 is 1.82 bits per heavy atom. The molecular formula is C7H12O3S. The summed E-state index contributed by atoms with van der Waals surface area (Å²) in [6.07, 6.45) is -0.655. The predicted octanol–water partition coefficient (Wildman–Crippen LogP) is 0.825. The highest BCUT2D eigenvalue weighted by atomic mass is 32.1. The van der Waals surface area contributed by atoms with Gasteiger partial charge in [-0.05, 0) is 20.8 Å². The van der Waals surface area contributed by atoms with Crippen LogP contribution in [-0.2, 0) is 14.3 Å². The van der Waals surface area contributed by atoms with Crippen LogP contribution in [0.4, 0.5) is 0 Å². The molecule has 4 heteroatoms. The van der Waals surface area contributed by atoms with Gasteiger partial charge in [-0.25, -0.2) is 0 Å². The Bertz CT molecular complexity index is 165. The summed E-state index contributed by atoms with van der Waals surface area (Å²) in [7, 11) is 0. The molecular weight excluding hydrogens is 164 g/mol. The van der Waals surface area contributed by atoms with Crippen molar-refractivity contribution in [1.82, 2.24) is 0 Å². The van der Waals surface area contributed by atoms with E-state index in [9.17, 15) is 9.59 Å². The van der Waals surface area contributed by atoms with E-state index in [1.807, 2.05) is 0 Å². The van der Waals surface area contributed by atoms with Gasteiger partial charge in [-0.1, -0.05) is 0 Å². The molecule has 0 rings (SSSR count). The monoisotopic (exact) mass is 176 g/mol. The first kappa shape index (κ1) is 10.5. The fourth-order valence-corrected chi connectivity index (χ4v) is 0.417. The smallest absolute Gasteiger partial charge is 0.319 e. The van der Waals surface area contributed by atoms with Crippen LogP contribution in [0.2, 0.25) is 0 Å². The Morgan fingerprint density at radius 1 is 1.36 bits per heavy atom. The normalized spacial score (nSPS) is 15.3. The van der Waals surface area contributed by atoms with Crippen LogP contribution >= 0.6 is 12.6 Å². The van der Waals surface area contributed by atoms with E-state index in [1.165, 1.54) is 13.8 Å². The molecule has 0 fully saturated rings. The lowest BCUT2D eigenvalue weighted by Gasteiger charge is -2.10. The van der Waals surface area contributed by atoms with Gasteiger partial charge in [0.05, 0.1) is 5.25 Å². The number of carbonyl (C=O) groups is 2. The molecule has 0 aliphatic rings. The number of hydrogen-bond acceptors (Lipinski definition) is 4. The highest BCUT2D eigenvalue weighted by Gasteiger charge is 2.16. The van der Waals surface area contributed by atoms with Crippen molar-refractivity contribution in [3.05, 3.63) is 0 Å². The molecule has 0 N–H and O–H groups in total. The molecule has 0 heterocycles. The molecule has 0 aromatic heterocycles. The largest absolute Gasteiger partial charge is 0.454 e. The molecule has 2 unspecified atom stereocenters. The van der Waals surface area contributed by atoms with E-state index < -0.39 is 17.3 Å². The van der Waals surface area contributed by atoms with Gasteiger partial charge in [0, 0.05) is 0 Å². The average molecular weight is 176 g/mol. The van der Waals surface area contributed by atoms with Gasteiger partial charge >= 0.3 is 5.97 Å². The van der Waals surface area contributed by atoms with E-state index in [0.29, 0.717) is 0 Å². The second-order valence-corrected chi connectivity index (χ2v) is 3.14. The molecule has 0 aliphatic heterocycles. The second-order valence-electron chi connectivity index (χ2n) is 2.37. The number of esters is 1. The lowest BCUT2D eigenvalue weighted by atomic mass is 10.3. The van der Waals surface area contributed by atoms with E-state index >= 15 is 0 Å². The van der Waals surface area contributed by atoms with Gasteiger partial charge in [-0.2, -0.15) is 12.6 Å². The van der Waals surface area contributed by atoms with Crippen molar-refractivity contribution in [3.8, 4) is 0 Å². The van der Waals surface area contributed by atoms with Crippen LogP contribution in [0.3, 0.4) is 0 Å². The maximum atomic E-state index is 10.8. The minimum Gasteiger partial charge on any atom is -0.454 e. The molecule has 0 saturated carbocycles. The molecule has 3 nitrogen and oxygen atoms in total. The summed E-state index contributed by atoms with van der Waals surface area (Å²) >= 11 is 3.85. The standard InChI is InChI=1S/C7H12O3S/c1-4(8)5(2)10-7(9)6(3)11/h5-6,11H,1-3H3. The summed E-state index contributed by atoms with van der Waals surface area (Å²) in [5, 5.41) is -0.475. The Morgan fingerprint density at radius 3 is 2.09 bits per heavy atom. The number of hydrogen-bond donors (Lipinski definition) is 1. The van der Waals surface area contributed by atoms with Crippen molar-refractivity contribution in [3.63, 3.8) is 0 Å². The van der Waals surface area contributed by atoms with Crippen LogP contribution in [0, 0.1) is 0 Å². The number of ketones is 1. The third kappa shape index (κ3) is 4.03. The molecule has 2 atom stereocenters. The van der Waals surface area contributed by atoms with Crippen LogP contribution in [0.25, 0.3) is 0 Å². The van der Waals surface area contributed by atoms with E-state index in [0.717, 1.165) is 0 Å². The first-order valence-corrected chi connectivity index (χ1v) is 3.85. The molecule has 0 radical (unpaired) electrons. The van der Waals surface area contributed by atoms with Crippen LogP contribution in [0.15, 0.2) is 0 Å². The van der Waals surface area contributed by atoms with Crippen molar-refractivity contribution in [2.24, 2.45) is 0 Å². The summed E-state index contributed by atoms with van der Waals surface area (Å²) in [5.74, 6) is -0.622. The lowest BCUT2D eigenvalue weighted by molar-refractivity contribution is -0.152. The quantitative estimate of drug-likeness (QED) is 0.511. The van der Waals surface area contributed by atoms with Gasteiger partial charge in [0.2, 0.25) is 0 Å². The fraction of sp³-hybridized carbons (Fsp3) is 0.714. The van der Waals surface area contributed by atoms with Gasteiger partial charge in [-0.3, -0.25) is 9.59 Å². The minimum atomic E-state index is -0.655. The second kappa shape index (κ2) is 4.38. The van der Waals surface area contributed by atoms with E-state index in [4.69, 9.17) is 4.74 Å². The molecule has 0 saturated heterocycles. The zero-order chi connectivity index (χ0) is 9.02. The number of ether oxygens (including phenoxy) is 1. The predicted molar refractivity (Wildman–Crippen MR) is 44.7 cm³/mol. The highest BCUT2D eigenvalue weighted by molar-refractivity contribution is 7.81. The van der Waals surface area contributed by atoms with E-state index in [2.05, 4.69) is 12.6 Å². The van der Waals surface area contributed by atoms with Gasteiger partial charge in [-0.15, -0.1) is 0 Å². The Labute approximate surface area is 71.5 Å². The molecule has 0 spiro atoms. The zero-order valence-electron chi connectivity index (χ0n) is 6.83. The van der Waals surface area contributed by atoms with E-state index in [-0.39, 0.29) is 5.78 Å². The Hall–Kier alpha value is -0.510. The molecule has 64 valence electrons. The minimum absolute atomic E-state index is 0.160. The summed E-state index contributed by atoms with van der Waals surface area (Å²) in [6, 6.07) is 0. The van der Waals surface area contributed by atoms with Crippen LogP contribution in [-0.4, -0.2) is 23.1 Å². The van der Waals surface area contributed by atoms with Crippen molar-refractivity contribution in [2.45, 2.75) is 32.1 Å². The first-order chi connectivity index (χ1) is 4.95. The number of rotatable bonds is 3. The molecule has 0 aromatic carbocycles. The van der Waals surface area contributed by atoms with Crippen LogP contribution in [0.5, 0.6) is 0 Å². The molecule has 0 bridgehead atoms. The maximum absolute atomic E-state index is 10.8. The summed E-state index contributed by atoms with van der Waals surface area (Å²) < 4.78 is 4.71. The van der Waals surface area contributed by atoms with Crippen LogP contribution in [0.1, 0.15) is 20.8 Å². The summed E-state index contributed by atoms with van der Waals surface area (Å²) in [5.41, 5.74) is 0. The fourth-order valence-electron chi connectivity index (χ4n) is 0.356. The lowest BCUT2D eigenvalue weighted by Crippen LogP contribution is -2.25.